The van der Waals surface area contributed by atoms with Gasteiger partial charge in [0.1, 0.15) is 0 Å². The van der Waals surface area contributed by atoms with Gasteiger partial charge in [-0.25, -0.2) is 9.50 Å². The number of aromatic nitrogens is 4. The van der Waals surface area contributed by atoms with Crippen LogP contribution in [0.1, 0.15) is 66.2 Å². The number of benzene rings is 1. The molecular formula is C22H27N5O3. The molecule has 1 aliphatic rings. The topological polar surface area (TPSA) is 90.6 Å². The molecule has 0 saturated heterocycles. The van der Waals surface area contributed by atoms with Gasteiger partial charge in [0.05, 0.1) is 19.3 Å². The van der Waals surface area contributed by atoms with Crippen molar-refractivity contribution in [2.45, 2.75) is 58.6 Å². The Labute approximate surface area is 175 Å². The van der Waals surface area contributed by atoms with Gasteiger partial charge in [-0.15, -0.1) is 5.10 Å². The summed E-state index contributed by atoms with van der Waals surface area (Å²) in [4.78, 5) is 21.3. The molecule has 0 bridgehead atoms. The Morgan fingerprint density at radius 1 is 1.17 bits per heavy atom. The van der Waals surface area contributed by atoms with Crippen LogP contribution in [0.4, 0.5) is 0 Å². The van der Waals surface area contributed by atoms with Gasteiger partial charge in [-0.3, -0.25) is 4.79 Å². The number of methoxy groups -OCH3 is 1. The van der Waals surface area contributed by atoms with Crippen LogP contribution in [0, 0.1) is 13.8 Å². The number of amides is 1. The number of hydrogen-bond acceptors (Lipinski definition) is 6. The normalized spacial score (nSPS) is 15.3. The van der Waals surface area contributed by atoms with Crippen molar-refractivity contribution in [2.75, 3.05) is 7.11 Å². The van der Waals surface area contributed by atoms with Crippen LogP contribution in [0.2, 0.25) is 0 Å². The molecule has 1 unspecified atom stereocenters. The molecule has 1 aromatic carbocycles. The minimum atomic E-state index is -0.352. The molecule has 1 atom stereocenters. The van der Waals surface area contributed by atoms with Gasteiger partial charge in [0.2, 0.25) is 5.82 Å². The Morgan fingerprint density at radius 2 is 1.93 bits per heavy atom. The number of nitrogens with zero attached hydrogens (tertiary/aromatic N) is 4. The molecule has 1 fully saturated rings. The predicted octanol–water partition coefficient (Wildman–Crippen LogP) is 3.56. The number of nitrogens with one attached hydrogen (secondary N) is 1. The van der Waals surface area contributed by atoms with Crippen LogP contribution in [0.3, 0.4) is 0 Å². The Bertz CT molecular complexity index is 1070. The van der Waals surface area contributed by atoms with Crippen molar-refractivity contribution in [3.8, 4) is 11.5 Å². The van der Waals surface area contributed by atoms with Crippen molar-refractivity contribution in [1.29, 1.82) is 0 Å². The summed E-state index contributed by atoms with van der Waals surface area (Å²) in [6.07, 6.45) is 4.83. The van der Waals surface area contributed by atoms with Gasteiger partial charge in [-0.1, -0.05) is 6.07 Å². The van der Waals surface area contributed by atoms with Crippen LogP contribution in [0.25, 0.3) is 5.78 Å². The molecule has 0 spiro atoms. The third-order valence-corrected chi connectivity index (χ3v) is 5.45. The van der Waals surface area contributed by atoms with Crippen LogP contribution in [-0.4, -0.2) is 38.7 Å². The maximum Gasteiger partial charge on any atom is 0.291 e. The minimum Gasteiger partial charge on any atom is -0.493 e. The van der Waals surface area contributed by atoms with Crippen LogP contribution >= 0.6 is 0 Å². The smallest absolute Gasteiger partial charge is 0.291 e. The summed E-state index contributed by atoms with van der Waals surface area (Å²) in [6.45, 7) is 5.70. The molecule has 8 heteroatoms. The minimum absolute atomic E-state index is 0.0937. The number of carbonyl (C=O) groups is 1. The number of rotatable bonds is 6. The zero-order chi connectivity index (χ0) is 21.3. The van der Waals surface area contributed by atoms with Gasteiger partial charge in [0, 0.05) is 11.4 Å². The summed E-state index contributed by atoms with van der Waals surface area (Å²) in [7, 11) is 1.63. The fourth-order valence-corrected chi connectivity index (χ4v) is 3.84. The van der Waals surface area contributed by atoms with E-state index >= 15 is 0 Å². The van der Waals surface area contributed by atoms with E-state index in [1.807, 2.05) is 45.0 Å². The second kappa shape index (κ2) is 8.30. The van der Waals surface area contributed by atoms with Crippen molar-refractivity contribution in [3.05, 3.63) is 47.0 Å². The zero-order valence-corrected chi connectivity index (χ0v) is 17.8. The van der Waals surface area contributed by atoms with Crippen molar-refractivity contribution >= 4 is 11.7 Å². The van der Waals surface area contributed by atoms with E-state index in [9.17, 15) is 4.79 Å². The molecule has 0 aliphatic heterocycles. The first-order chi connectivity index (χ1) is 14.4. The summed E-state index contributed by atoms with van der Waals surface area (Å²) in [5.41, 5.74) is 2.62. The number of aryl methyl sites for hydroxylation is 2. The lowest BCUT2D eigenvalue weighted by Gasteiger charge is -2.19. The highest BCUT2D eigenvalue weighted by molar-refractivity contribution is 5.91. The van der Waals surface area contributed by atoms with Gasteiger partial charge in [-0.05, 0) is 70.2 Å². The molecule has 158 valence electrons. The molecule has 3 aromatic rings. The molecule has 1 saturated carbocycles. The molecule has 30 heavy (non-hydrogen) atoms. The van der Waals surface area contributed by atoms with E-state index in [-0.39, 0.29) is 23.9 Å². The highest BCUT2D eigenvalue weighted by Crippen LogP contribution is 2.33. The second-order valence-corrected chi connectivity index (χ2v) is 7.82. The summed E-state index contributed by atoms with van der Waals surface area (Å²) < 4.78 is 13.2. The first-order valence-electron chi connectivity index (χ1n) is 10.3. The molecule has 1 amide bonds. The molecule has 0 radical (unpaired) electrons. The average molecular weight is 409 g/mol. The summed E-state index contributed by atoms with van der Waals surface area (Å²) in [5.74, 6) is 1.57. The number of ether oxygens (including phenoxy) is 2. The average Bonchev–Trinajstić information content (AvgIpc) is 3.38. The molecule has 2 aromatic heterocycles. The molecule has 1 N–H and O–H groups in total. The Balaban J connectivity index is 1.49. The maximum absolute atomic E-state index is 12.7. The van der Waals surface area contributed by atoms with Crippen molar-refractivity contribution in [2.24, 2.45) is 0 Å². The van der Waals surface area contributed by atoms with Gasteiger partial charge in [0.15, 0.2) is 11.5 Å². The van der Waals surface area contributed by atoms with E-state index in [1.54, 1.807) is 11.6 Å². The van der Waals surface area contributed by atoms with Gasteiger partial charge in [0.25, 0.3) is 11.7 Å². The van der Waals surface area contributed by atoms with E-state index < -0.39 is 0 Å². The van der Waals surface area contributed by atoms with Crippen LogP contribution in [-0.2, 0) is 0 Å². The van der Waals surface area contributed by atoms with Crippen molar-refractivity contribution in [3.63, 3.8) is 0 Å². The lowest BCUT2D eigenvalue weighted by molar-refractivity contribution is 0.0929. The molecule has 8 nitrogen and oxygen atoms in total. The maximum atomic E-state index is 12.7. The standard InChI is InChI=1S/C22H27N5O3/c1-13-11-14(2)27-22(23-13)25-20(26-27)21(28)24-15(3)16-9-10-18(19(12-16)29-4)30-17-7-5-6-8-17/h9-12,15,17H,5-8H2,1-4H3,(H,24,28). The van der Waals surface area contributed by atoms with Crippen molar-refractivity contribution < 1.29 is 14.3 Å². The fourth-order valence-electron chi connectivity index (χ4n) is 3.84. The molecule has 4 rings (SSSR count). The SMILES string of the molecule is COc1cc(C(C)NC(=O)c2nc3nc(C)cc(C)n3n2)ccc1OC1CCCC1. The van der Waals surface area contributed by atoms with Gasteiger partial charge < -0.3 is 14.8 Å². The van der Waals surface area contributed by atoms with Gasteiger partial charge >= 0.3 is 0 Å². The Morgan fingerprint density at radius 3 is 2.67 bits per heavy atom. The Kier molecular flexibility index (Phi) is 5.57. The van der Waals surface area contributed by atoms with E-state index in [4.69, 9.17) is 9.47 Å². The third kappa shape index (κ3) is 4.08. The van der Waals surface area contributed by atoms with E-state index in [0.29, 0.717) is 11.5 Å². The number of fused-ring (bicyclic) bond motifs is 1. The largest absolute Gasteiger partial charge is 0.493 e. The summed E-state index contributed by atoms with van der Waals surface area (Å²) in [5, 5.41) is 7.24. The molecule has 1 aliphatic carbocycles. The quantitative estimate of drug-likeness (QED) is 0.669. The molecule has 2 heterocycles. The fraction of sp³-hybridized carbons (Fsp3) is 0.455. The van der Waals surface area contributed by atoms with Crippen LogP contribution < -0.4 is 14.8 Å². The number of hydrogen-bond donors (Lipinski definition) is 1. The lowest BCUT2D eigenvalue weighted by atomic mass is 10.1. The predicted molar refractivity (Wildman–Crippen MR) is 112 cm³/mol. The summed E-state index contributed by atoms with van der Waals surface area (Å²) >= 11 is 0. The lowest BCUT2D eigenvalue weighted by Crippen LogP contribution is -2.27. The highest BCUT2D eigenvalue weighted by Gasteiger charge is 2.21. The van der Waals surface area contributed by atoms with Crippen LogP contribution in [0.15, 0.2) is 24.3 Å². The number of carbonyl (C=O) groups excluding carboxylic acids is 1. The van der Waals surface area contributed by atoms with Gasteiger partial charge in [-0.2, -0.15) is 4.98 Å². The Hall–Kier alpha value is -3.16. The monoisotopic (exact) mass is 409 g/mol. The first-order valence-corrected chi connectivity index (χ1v) is 10.3. The van der Waals surface area contributed by atoms with E-state index in [1.165, 1.54) is 12.8 Å². The van der Waals surface area contributed by atoms with E-state index in [2.05, 4.69) is 20.4 Å². The zero-order valence-electron chi connectivity index (χ0n) is 17.8. The highest BCUT2D eigenvalue weighted by atomic mass is 16.5. The third-order valence-electron chi connectivity index (χ3n) is 5.45. The van der Waals surface area contributed by atoms with E-state index in [0.717, 1.165) is 35.5 Å². The second-order valence-electron chi connectivity index (χ2n) is 7.82. The summed E-state index contributed by atoms with van der Waals surface area (Å²) in [6, 6.07) is 7.40. The molecular weight excluding hydrogens is 382 g/mol. The first kappa shape index (κ1) is 20.1. The van der Waals surface area contributed by atoms with Crippen LogP contribution in [0.5, 0.6) is 11.5 Å². The van der Waals surface area contributed by atoms with Crippen molar-refractivity contribution in [1.82, 2.24) is 24.9 Å².